The summed E-state index contributed by atoms with van der Waals surface area (Å²) in [6, 6.07) is 7.03. The van der Waals surface area contributed by atoms with Crippen LogP contribution in [0.3, 0.4) is 0 Å². The Morgan fingerprint density at radius 3 is 2.58 bits per heavy atom. The Kier molecular flexibility index (Phi) is 4.81. The molecule has 0 spiro atoms. The van der Waals surface area contributed by atoms with E-state index in [2.05, 4.69) is 40.2 Å². The second-order valence-electron chi connectivity index (χ2n) is 5.20. The number of rotatable bonds is 3. The zero-order valence-corrected chi connectivity index (χ0v) is 13.7. The van der Waals surface area contributed by atoms with Gasteiger partial charge < -0.3 is 11.2 Å². The molecule has 0 amide bonds. The van der Waals surface area contributed by atoms with Gasteiger partial charge in [-0.15, -0.1) is 0 Å². The number of benzene rings is 1. The predicted octanol–water partition coefficient (Wildman–Crippen LogP) is 3.67. The topological polar surface area (TPSA) is 41.3 Å². The summed E-state index contributed by atoms with van der Waals surface area (Å²) in [5, 5.41) is 2.31. The summed E-state index contributed by atoms with van der Waals surface area (Å²) in [6.45, 7) is 4.50. The van der Waals surface area contributed by atoms with Gasteiger partial charge >= 0.3 is 0 Å². The fourth-order valence-electron chi connectivity index (χ4n) is 2.60. The Hall–Kier alpha value is -0.650. The first-order chi connectivity index (χ1) is 8.99. The van der Waals surface area contributed by atoms with Crippen LogP contribution in [0.2, 0.25) is 0 Å². The van der Waals surface area contributed by atoms with Gasteiger partial charge in [-0.25, -0.2) is 5.01 Å². The summed E-state index contributed by atoms with van der Waals surface area (Å²) in [5.41, 5.74) is 11.2. The maximum Gasteiger partial charge on any atom is 0.106 e. The van der Waals surface area contributed by atoms with E-state index in [9.17, 15) is 0 Å². The molecule has 1 aromatic rings. The third kappa shape index (κ3) is 3.46. The number of thiocarbonyl (C=S) groups is 1. The van der Waals surface area contributed by atoms with Crippen LogP contribution in [0.5, 0.6) is 0 Å². The van der Waals surface area contributed by atoms with Crippen LogP contribution in [0.1, 0.15) is 38.7 Å². The van der Waals surface area contributed by atoms with Gasteiger partial charge in [0, 0.05) is 22.1 Å². The predicted molar refractivity (Wildman–Crippen MR) is 88.3 cm³/mol. The van der Waals surface area contributed by atoms with Crippen LogP contribution in [0, 0.1) is 0 Å². The monoisotopic (exact) mass is 341 g/mol. The summed E-state index contributed by atoms with van der Waals surface area (Å²) in [6.07, 6.45) is 3.73. The number of hydrogen-bond donors (Lipinski definition) is 2. The molecule has 104 valence electrons. The summed E-state index contributed by atoms with van der Waals surface area (Å²) >= 11 is 8.59. The second-order valence-corrected chi connectivity index (χ2v) is 6.56. The van der Waals surface area contributed by atoms with Crippen molar-refractivity contribution >= 4 is 38.8 Å². The summed E-state index contributed by atoms with van der Waals surface area (Å²) in [7, 11) is 0. The lowest BCUT2D eigenvalue weighted by atomic mass is 10.00. The molecule has 1 saturated heterocycles. The molecule has 5 heteroatoms. The van der Waals surface area contributed by atoms with Gasteiger partial charge in [-0.05, 0) is 44.9 Å². The SMILES string of the molecule is CC1CCCC(C)N1Nc1ccc(Br)cc1C(N)=S. The minimum absolute atomic E-state index is 0.418. The molecule has 0 radical (unpaired) electrons. The summed E-state index contributed by atoms with van der Waals surface area (Å²) in [4.78, 5) is 0.418. The normalized spacial score (nSPS) is 24.2. The van der Waals surface area contributed by atoms with Crippen LogP contribution >= 0.6 is 28.1 Å². The first kappa shape index (κ1) is 14.8. The Balaban J connectivity index is 2.24. The molecule has 0 aliphatic carbocycles. The number of piperidine rings is 1. The van der Waals surface area contributed by atoms with Crippen molar-refractivity contribution in [3.8, 4) is 0 Å². The molecule has 1 aromatic carbocycles. The molecule has 1 aliphatic heterocycles. The van der Waals surface area contributed by atoms with Crippen molar-refractivity contribution in [3.63, 3.8) is 0 Å². The van der Waals surface area contributed by atoms with Gasteiger partial charge in [-0.1, -0.05) is 34.6 Å². The third-order valence-electron chi connectivity index (χ3n) is 3.69. The Labute approximate surface area is 128 Å². The van der Waals surface area contributed by atoms with Crippen molar-refractivity contribution in [2.24, 2.45) is 5.73 Å². The van der Waals surface area contributed by atoms with Gasteiger partial charge in [-0.2, -0.15) is 0 Å². The van der Waals surface area contributed by atoms with Crippen molar-refractivity contribution in [3.05, 3.63) is 28.2 Å². The molecule has 2 rings (SSSR count). The van der Waals surface area contributed by atoms with Crippen LogP contribution in [0.25, 0.3) is 0 Å². The first-order valence-electron chi connectivity index (χ1n) is 6.63. The highest BCUT2D eigenvalue weighted by Gasteiger charge is 2.25. The molecular weight excluding hydrogens is 322 g/mol. The molecule has 1 heterocycles. The molecule has 0 aromatic heterocycles. The number of anilines is 1. The number of nitrogens with one attached hydrogen (secondary N) is 1. The fourth-order valence-corrected chi connectivity index (χ4v) is 3.13. The highest BCUT2D eigenvalue weighted by molar-refractivity contribution is 9.10. The minimum atomic E-state index is 0.418. The molecule has 2 atom stereocenters. The van der Waals surface area contributed by atoms with E-state index in [1.807, 2.05) is 18.2 Å². The molecule has 0 bridgehead atoms. The number of nitrogens with zero attached hydrogens (tertiary/aromatic N) is 1. The number of hydrazine groups is 1. The van der Waals surface area contributed by atoms with Gasteiger partial charge in [0.2, 0.25) is 0 Å². The standard InChI is InChI=1S/C14H20BrN3S/c1-9-4-3-5-10(2)18(9)17-13-7-6-11(15)8-12(13)14(16)19/h6-10,17H,3-5H2,1-2H3,(H2,16,19). The molecule has 1 fully saturated rings. The number of nitrogens with two attached hydrogens (primary N) is 1. The van der Waals surface area contributed by atoms with E-state index in [1.54, 1.807) is 0 Å². The molecule has 2 unspecified atom stereocenters. The number of hydrogen-bond acceptors (Lipinski definition) is 3. The van der Waals surface area contributed by atoms with E-state index in [-0.39, 0.29) is 0 Å². The lowest BCUT2D eigenvalue weighted by Crippen LogP contribution is -2.47. The maximum absolute atomic E-state index is 5.81. The highest BCUT2D eigenvalue weighted by atomic mass is 79.9. The van der Waals surface area contributed by atoms with E-state index >= 15 is 0 Å². The average Bonchev–Trinajstić information content (AvgIpc) is 2.35. The van der Waals surface area contributed by atoms with E-state index < -0.39 is 0 Å². The molecular formula is C14H20BrN3S. The Bertz CT molecular complexity index is 468. The van der Waals surface area contributed by atoms with Crippen LogP contribution in [-0.4, -0.2) is 22.1 Å². The van der Waals surface area contributed by atoms with Crippen molar-refractivity contribution < 1.29 is 0 Å². The quantitative estimate of drug-likeness (QED) is 0.823. The molecule has 3 N–H and O–H groups in total. The van der Waals surface area contributed by atoms with Crippen LogP contribution < -0.4 is 11.2 Å². The highest BCUT2D eigenvalue weighted by Crippen LogP contribution is 2.26. The van der Waals surface area contributed by atoms with Crippen molar-refractivity contribution in [2.75, 3.05) is 5.43 Å². The van der Waals surface area contributed by atoms with E-state index in [0.717, 1.165) is 15.7 Å². The largest absolute Gasteiger partial charge is 0.389 e. The van der Waals surface area contributed by atoms with E-state index in [4.69, 9.17) is 18.0 Å². The minimum Gasteiger partial charge on any atom is -0.389 e. The van der Waals surface area contributed by atoms with Crippen molar-refractivity contribution in [1.82, 2.24) is 5.01 Å². The van der Waals surface area contributed by atoms with Gasteiger partial charge in [0.1, 0.15) is 4.99 Å². The number of halogens is 1. The van der Waals surface area contributed by atoms with Gasteiger partial charge in [0.05, 0.1) is 5.69 Å². The van der Waals surface area contributed by atoms with Crippen molar-refractivity contribution in [1.29, 1.82) is 0 Å². The van der Waals surface area contributed by atoms with Gasteiger partial charge in [-0.3, -0.25) is 0 Å². The second kappa shape index (κ2) is 6.20. The first-order valence-corrected chi connectivity index (χ1v) is 7.83. The maximum atomic E-state index is 5.81. The average molecular weight is 342 g/mol. The van der Waals surface area contributed by atoms with Crippen LogP contribution in [0.15, 0.2) is 22.7 Å². The van der Waals surface area contributed by atoms with Crippen LogP contribution in [-0.2, 0) is 0 Å². The Morgan fingerprint density at radius 2 is 2.00 bits per heavy atom. The lowest BCUT2D eigenvalue weighted by molar-refractivity contribution is 0.136. The summed E-state index contributed by atoms with van der Waals surface area (Å²) < 4.78 is 0.987. The fraction of sp³-hybridized carbons (Fsp3) is 0.500. The lowest BCUT2D eigenvalue weighted by Gasteiger charge is -2.39. The van der Waals surface area contributed by atoms with E-state index in [0.29, 0.717) is 17.1 Å². The molecule has 1 aliphatic rings. The zero-order chi connectivity index (χ0) is 14.0. The van der Waals surface area contributed by atoms with Gasteiger partial charge in [0.25, 0.3) is 0 Å². The molecule has 19 heavy (non-hydrogen) atoms. The molecule has 3 nitrogen and oxygen atoms in total. The Morgan fingerprint density at radius 1 is 1.37 bits per heavy atom. The van der Waals surface area contributed by atoms with Crippen molar-refractivity contribution in [2.45, 2.75) is 45.2 Å². The zero-order valence-electron chi connectivity index (χ0n) is 11.3. The summed E-state index contributed by atoms with van der Waals surface area (Å²) in [5.74, 6) is 0. The van der Waals surface area contributed by atoms with E-state index in [1.165, 1.54) is 19.3 Å². The van der Waals surface area contributed by atoms with Gasteiger partial charge in [0.15, 0.2) is 0 Å². The van der Waals surface area contributed by atoms with Crippen LogP contribution in [0.4, 0.5) is 5.69 Å². The third-order valence-corrected chi connectivity index (χ3v) is 4.40. The smallest absolute Gasteiger partial charge is 0.106 e. The molecule has 0 saturated carbocycles.